The van der Waals surface area contributed by atoms with E-state index in [0.717, 1.165) is 57.3 Å². The zero-order valence-corrected chi connectivity index (χ0v) is 12.8. The molecule has 1 aliphatic heterocycles. The molecule has 0 saturated carbocycles. The highest BCUT2D eigenvalue weighted by molar-refractivity contribution is 5.30. The molecule has 3 rings (SSSR count). The normalized spacial score (nSPS) is 16.1. The maximum absolute atomic E-state index is 5.65. The average molecular weight is 301 g/mol. The third-order valence-electron chi connectivity index (χ3n) is 3.97. The molecule has 3 heterocycles. The molecule has 1 fully saturated rings. The lowest BCUT2D eigenvalue weighted by molar-refractivity contribution is 0.249. The summed E-state index contributed by atoms with van der Waals surface area (Å²) >= 11 is 0. The van der Waals surface area contributed by atoms with Crippen LogP contribution in [-0.4, -0.2) is 57.4 Å². The van der Waals surface area contributed by atoms with E-state index >= 15 is 0 Å². The van der Waals surface area contributed by atoms with E-state index in [2.05, 4.69) is 24.9 Å². The van der Waals surface area contributed by atoms with E-state index in [1.807, 2.05) is 16.9 Å². The first kappa shape index (κ1) is 14.8. The summed E-state index contributed by atoms with van der Waals surface area (Å²) in [5, 5.41) is 4.20. The van der Waals surface area contributed by atoms with Gasteiger partial charge in [0, 0.05) is 51.3 Å². The molecule has 0 unspecified atom stereocenters. The van der Waals surface area contributed by atoms with Gasteiger partial charge in [0.15, 0.2) is 0 Å². The van der Waals surface area contributed by atoms with E-state index in [9.17, 15) is 0 Å². The van der Waals surface area contributed by atoms with Crippen molar-refractivity contribution in [1.82, 2.24) is 24.6 Å². The summed E-state index contributed by atoms with van der Waals surface area (Å²) in [6.45, 7) is 6.23. The highest BCUT2D eigenvalue weighted by Gasteiger charge is 2.17. The van der Waals surface area contributed by atoms with E-state index in [-0.39, 0.29) is 0 Å². The van der Waals surface area contributed by atoms with Gasteiger partial charge >= 0.3 is 0 Å². The lowest BCUT2D eigenvalue weighted by Crippen LogP contribution is -2.47. The van der Waals surface area contributed by atoms with Gasteiger partial charge in [-0.15, -0.1) is 0 Å². The first-order valence-electron chi connectivity index (χ1n) is 7.83. The maximum atomic E-state index is 5.65. The molecule has 0 aliphatic carbocycles. The van der Waals surface area contributed by atoms with Crippen molar-refractivity contribution in [2.45, 2.75) is 19.4 Å². The summed E-state index contributed by atoms with van der Waals surface area (Å²) in [6.07, 6.45) is 9.50. The van der Waals surface area contributed by atoms with Gasteiger partial charge in [0.2, 0.25) is 5.95 Å². The van der Waals surface area contributed by atoms with Crippen molar-refractivity contribution in [1.29, 1.82) is 0 Å². The fraction of sp³-hybridized carbons (Fsp3) is 0.533. The smallest absolute Gasteiger partial charge is 0.225 e. The van der Waals surface area contributed by atoms with Crippen LogP contribution in [0.15, 0.2) is 30.9 Å². The monoisotopic (exact) mass is 301 g/mol. The minimum absolute atomic E-state index is 0.735. The number of aromatic nitrogens is 4. The predicted octanol–water partition coefficient (Wildman–Crippen LogP) is 0.858. The van der Waals surface area contributed by atoms with Crippen LogP contribution >= 0.6 is 0 Å². The molecule has 0 radical (unpaired) electrons. The number of hydrogen-bond acceptors (Lipinski definition) is 6. The van der Waals surface area contributed by atoms with Crippen molar-refractivity contribution in [3.8, 4) is 0 Å². The molecule has 0 bridgehead atoms. The van der Waals surface area contributed by atoms with Crippen molar-refractivity contribution >= 4 is 11.6 Å². The molecule has 0 amide bonds. The largest absolute Gasteiger partial charge is 0.396 e. The Labute approximate surface area is 130 Å². The molecule has 1 aliphatic rings. The number of nitrogens with two attached hydrogens (primary N) is 1. The number of nitrogen functional groups attached to an aromatic ring is 1. The van der Waals surface area contributed by atoms with Crippen LogP contribution in [0.4, 0.5) is 11.6 Å². The van der Waals surface area contributed by atoms with Gasteiger partial charge in [-0.05, 0) is 25.5 Å². The van der Waals surface area contributed by atoms with Gasteiger partial charge in [0.05, 0.1) is 11.9 Å². The Morgan fingerprint density at radius 3 is 2.41 bits per heavy atom. The highest BCUT2D eigenvalue weighted by Crippen LogP contribution is 2.10. The first-order chi connectivity index (χ1) is 10.8. The number of hydrogen-bond donors (Lipinski definition) is 1. The van der Waals surface area contributed by atoms with Gasteiger partial charge in [-0.3, -0.25) is 9.58 Å². The lowest BCUT2D eigenvalue weighted by Gasteiger charge is -2.34. The minimum atomic E-state index is 0.735. The Morgan fingerprint density at radius 1 is 1.00 bits per heavy atom. The molecule has 7 heteroatoms. The highest BCUT2D eigenvalue weighted by atomic mass is 15.3. The third kappa shape index (κ3) is 3.94. The third-order valence-corrected chi connectivity index (χ3v) is 3.97. The van der Waals surface area contributed by atoms with Crippen LogP contribution in [0, 0.1) is 0 Å². The number of piperazine rings is 1. The number of anilines is 2. The topological polar surface area (TPSA) is 76.1 Å². The average Bonchev–Trinajstić information content (AvgIpc) is 2.98. The summed E-state index contributed by atoms with van der Waals surface area (Å²) in [6, 6.07) is 1.85. The van der Waals surface area contributed by atoms with Crippen LogP contribution in [0.5, 0.6) is 0 Å². The summed E-state index contributed by atoms with van der Waals surface area (Å²) in [5.74, 6) is 0.846. The molecular formula is C15H23N7. The fourth-order valence-corrected chi connectivity index (χ4v) is 2.74. The van der Waals surface area contributed by atoms with Crippen molar-refractivity contribution in [2.24, 2.45) is 0 Å². The maximum Gasteiger partial charge on any atom is 0.225 e. The van der Waals surface area contributed by atoms with Crippen molar-refractivity contribution in [3.05, 3.63) is 30.9 Å². The second kappa shape index (κ2) is 7.22. The van der Waals surface area contributed by atoms with Gasteiger partial charge in [-0.25, -0.2) is 9.97 Å². The van der Waals surface area contributed by atoms with Crippen LogP contribution in [0.2, 0.25) is 0 Å². The molecule has 2 N–H and O–H groups in total. The number of unbranched alkanes of at least 4 members (excludes halogenated alkanes) is 1. The molecule has 0 spiro atoms. The van der Waals surface area contributed by atoms with Gasteiger partial charge in [-0.1, -0.05) is 0 Å². The molecule has 0 atom stereocenters. The van der Waals surface area contributed by atoms with Crippen LogP contribution in [0.3, 0.4) is 0 Å². The molecule has 0 aromatic carbocycles. The quantitative estimate of drug-likeness (QED) is 0.798. The van der Waals surface area contributed by atoms with Crippen LogP contribution in [0.1, 0.15) is 12.8 Å². The van der Waals surface area contributed by atoms with Gasteiger partial charge in [-0.2, -0.15) is 5.10 Å². The van der Waals surface area contributed by atoms with Crippen LogP contribution in [-0.2, 0) is 6.54 Å². The second-order valence-corrected chi connectivity index (χ2v) is 5.62. The Morgan fingerprint density at radius 2 is 1.73 bits per heavy atom. The van der Waals surface area contributed by atoms with Crippen molar-refractivity contribution in [3.63, 3.8) is 0 Å². The van der Waals surface area contributed by atoms with E-state index in [0.29, 0.717) is 0 Å². The number of rotatable bonds is 6. The summed E-state index contributed by atoms with van der Waals surface area (Å²) in [5.41, 5.74) is 6.39. The van der Waals surface area contributed by atoms with Crippen LogP contribution in [0.25, 0.3) is 0 Å². The van der Waals surface area contributed by atoms with Crippen molar-refractivity contribution < 1.29 is 0 Å². The molecule has 118 valence electrons. The molecular weight excluding hydrogens is 278 g/mol. The summed E-state index contributed by atoms with van der Waals surface area (Å²) < 4.78 is 1.92. The molecule has 2 aromatic rings. The zero-order valence-electron chi connectivity index (χ0n) is 12.8. The van der Waals surface area contributed by atoms with E-state index in [1.165, 1.54) is 6.42 Å². The standard InChI is InChI=1S/C15H23N7/c16-14-12-19-22(13-14)7-2-1-6-20-8-10-21(11-9-20)15-17-4-3-5-18-15/h3-5,12-13H,1-2,6-11,16H2. The Kier molecular flexibility index (Phi) is 4.85. The predicted molar refractivity (Wildman–Crippen MR) is 86.6 cm³/mol. The molecule has 1 saturated heterocycles. The SMILES string of the molecule is Nc1cnn(CCCCN2CCN(c3ncccn3)CC2)c1. The molecule has 22 heavy (non-hydrogen) atoms. The van der Waals surface area contributed by atoms with E-state index in [1.54, 1.807) is 18.6 Å². The summed E-state index contributed by atoms with van der Waals surface area (Å²) in [7, 11) is 0. The molecule has 7 nitrogen and oxygen atoms in total. The fourth-order valence-electron chi connectivity index (χ4n) is 2.74. The second-order valence-electron chi connectivity index (χ2n) is 5.62. The lowest BCUT2D eigenvalue weighted by atomic mass is 10.2. The summed E-state index contributed by atoms with van der Waals surface area (Å²) in [4.78, 5) is 13.4. The number of nitrogens with zero attached hydrogens (tertiary/aromatic N) is 6. The van der Waals surface area contributed by atoms with E-state index in [4.69, 9.17) is 5.73 Å². The first-order valence-corrected chi connectivity index (χ1v) is 7.83. The molecule has 2 aromatic heterocycles. The number of aryl methyl sites for hydroxylation is 1. The zero-order chi connectivity index (χ0) is 15.2. The van der Waals surface area contributed by atoms with E-state index < -0.39 is 0 Å². The Balaban J connectivity index is 1.34. The minimum Gasteiger partial charge on any atom is -0.396 e. The Bertz CT molecular complexity index is 560. The van der Waals surface area contributed by atoms with Crippen LogP contribution < -0.4 is 10.6 Å². The Hall–Kier alpha value is -2.15. The van der Waals surface area contributed by atoms with Crippen molar-refractivity contribution in [2.75, 3.05) is 43.4 Å². The van der Waals surface area contributed by atoms with Gasteiger partial charge in [0.25, 0.3) is 0 Å². The van der Waals surface area contributed by atoms with Gasteiger partial charge < -0.3 is 10.6 Å². The van der Waals surface area contributed by atoms with Gasteiger partial charge in [0.1, 0.15) is 0 Å².